The largest absolute Gasteiger partial charge is 0.493 e. The molecule has 7 nitrogen and oxygen atoms in total. The molecule has 0 radical (unpaired) electrons. The van der Waals surface area contributed by atoms with Gasteiger partial charge in [-0.15, -0.1) is 16.9 Å². The average Bonchev–Trinajstić information content (AvgIpc) is 2.79. The fourth-order valence-corrected chi connectivity index (χ4v) is 4.34. The predicted molar refractivity (Wildman–Crippen MR) is 132 cm³/mol. The first kappa shape index (κ1) is 24.0. The number of halogens is 1. The van der Waals surface area contributed by atoms with Gasteiger partial charge in [-0.2, -0.15) is 0 Å². The molecule has 0 spiro atoms. The van der Waals surface area contributed by atoms with E-state index < -0.39 is 0 Å². The Balaban J connectivity index is 1.66. The molecule has 1 aromatic heterocycles. The van der Waals surface area contributed by atoms with Gasteiger partial charge in [0.15, 0.2) is 11.5 Å². The normalized spacial score (nSPS) is 10.7. The van der Waals surface area contributed by atoms with Crippen molar-refractivity contribution in [2.75, 3.05) is 31.9 Å². The predicted octanol–water partition coefficient (Wildman–Crippen LogP) is 4.95. The summed E-state index contributed by atoms with van der Waals surface area (Å²) in [5.41, 5.74) is 3.61. The van der Waals surface area contributed by atoms with Crippen molar-refractivity contribution in [3.63, 3.8) is 0 Å². The van der Waals surface area contributed by atoms with Gasteiger partial charge in [0, 0.05) is 17.2 Å². The summed E-state index contributed by atoms with van der Waals surface area (Å²) < 4.78 is 16.9. The van der Waals surface area contributed by atoms with Gasteiger partial charge in [0.2, 0.25) is 0 Å². The van der Waals surface area contributed by atoms with Crippen LogP contribution in [0.15, 0.2) is 50.6 Å². The van der Waals surface area contributed by atoms with E-state index in [2.05, 4.69) is 63.5 Å². The molecule has 2 aromatic carbocycles. The molecule has 0 bridgehead atoms. The molecule has 0 aliphatic rings. The van der Waals surface area contributed by atoms with E-state index in [1.54, 1.807) is 26.0 Å². The number of aromatic amines is 1. The lowest BCUT2D eigenvalue weighted by molar-refractivity contribution is 0.327. The maximum absolute atomic E-state index is 12.1. The number of thioether (sulfide) groups is 1. The minimum absolute atomic E-state index is 0.332. The van der Waals surface area contributed by atoms with E-state index >= 15 is 0 Å². The molecule has 0 saturated heterocycles. The van der Waals surface area contributed by atoms with Gasteiger partial charge in [0.05, 0.1) is 20.8 Å². The first-order chi connectivity index (χ1) is 15.4. The molecule has 0 amide bonds. The van der Waals surface area contributed by atoms with Crippen LogP contribution in [0.1, 0.15) is 16.7 Å². The molecule has 2 N–H and O–H groups in total. The Morgan fingerprint density at radius 3 is 2.59 bits per heavy atom. The summed E-state index contributed by atoms with van der Waals surface area (Å²) in [4.78, 5) is 13.3. The van der Waals surface area contributed by atoms with Crippen molar-refractivity contribution in [1.29, 1.82) is 0 Å². The van der Waals surface area contributed by atoms with Crippen LogP contribution in [-0.2, 0) is 6.54 Å². The number of methoxy groups -OCH3 is 2. The van der Waals surface area contributed by atoms with Crippen LogP contribution < -0.4 is 25.1 Å². The van der Waals surface area contributed by atoms with Crippen LogP contribution in [0, 0.1) is 13.8 Å². The second-order valence-electron chi connectivity index (χ2n) is 7.06. The highest BCUT2D eigenvalue weighted by Crippen LogP contribution is 2.31. The highest BCUT2D eigenvalue weighted by molar-refractivity contribution is 9.10. The number of benzene rings is 2. The number of aryl methyl sites for hydroxylation is 2. The number of aromatic nitrogens is 2. The summed E-state index contributed by atoms with van der Waals surface area (Å²) in [6.45, 7) is 5.07. The number of anilines is 1. The maximum atomic E-state index is 12.1. The lowest BCUT2D eigenvalue weighted by atomic mass is 10.2. The molecule has 0 unspecified atom stereocenters. The minimum atomic E-state index is -0.336. The van der Waals surface area contributed by atoms with E-state index in [4.69, 9.17) is 14.2 Å². The van der Waals surface area contributed by atoms with Crippen molar-refractivity contribution in [1.82, 2.24) is 10.2 Å². The van der Waals surface area contributed by atoms with E-state index in [-0.39, 0.29) is 5.56 Å². The van der Waals surface area contributed by atoms with Gasteiger partial charge in [-0.25, -0.2) is 5.10 Å². The van der Waals surface area contributed by atoms with Crippen LogP contribution in [0.25, 0.3) is 0 Å². The Hall–Kier alpha value is -2.65. The number of H-pyrrole nitrogens is 1. The number of nitrogens with zero attached hydrogens (tertiary/aromatic N) is 1. The van der Waals surface area contributed by atoms with Crippen molar-refractivity contribution in [3.05, 3.63) is 67.9 Å². The quantitative estimate of drug-likeness (QED) is 0.289. The number of hydrogen-bond acceptors (Lipinski definition) is 7. The molecule has 0 atom stereocenters. The first-order valence-electron chi connectivity index (χ1n) is 9.98. The third-order valence-electron chi connectivity index (χ3n) is 4.72. The monoisotopic (exact) mass is 519 g/mol. The lowest BCUT2D eigenvalue weighted by Gasteiger charge is -2.14. The molecule has 0 aliphatic carbocycles. The molecule has 0 saturated carbocycles. The van der Waals surface area contributed by atoms with Crippen molar-refractivity contribution in [2.45, 2.75) is 25.3 Å². The summed E-state index contributed by atoms with van der Waals surface area (Å²) in [5, 5.41) is 9.78. The lowest BCUT2D eigenvalue weighted by Crippen LogP contribution is -2.16. The van der Waals surface area contributed by atoms with E-state index in [1.165, 1.54) is 16.0 Å². The van der Waals surface area contributed by atoms with E-state index in [0.717, 1.165) is 11.3 Å². The van der Waals surface area contributed by atoms with Crippen LogP contribution in [0.5, 0.6) is 17.4 Å². The van der Waals surface area contributed by atoms with Crippen LogP contribution in [0.3, 0.4) is 0 Å². The molecular formula is C23H26BrN3O4S. The number of nitrogens with one attached hydrogen (secondary N) is 2. The van der Waals surface area contributed by atoms with Gasteiger partial charge in [0.1, 0.15) is 10.2 Å². The summed E-state index contributed by atoms with van der Waals surface area (Å²) in [6.07, 6.45) is 0. The average molecular weight is 520 g/mol. The Kier molecular flexibility index (Phi) is 8.46. The van der Waals surface area contributed by atoms with Gasteiger partial charge in [-0.05, 0) is 59.1 Å². The Bertz CT molecular complexity index is 1140. The van der Waals surface area contributed by atoms with Gasteiger partial charge < -0.3 is 19.5 Å². The standard InChI is InChI=1S/C23H26BrN3O4S/c1-14-5-8-19(15(2)11-14)32-10-9-31-23-21(20(24)22(28)26-27-23)25-13-16-6-7-17(29-3)18(12-16)30-4/h5-8,11-12H,9-10,13H2,1-4H3,(H2,25,26,28). The molecule has 170 valence electrons. The number of hydrogen-bond donors (Lipinski definition) is 2. The van der Waals surface area contributed by atoms with Crippen molar-refractivity contribution in [3.8, 4) is 17.4 Å². The fourth-order valence-electron chi connectivity index (χ4n) is 3.10. The maximum Gasteiger partial charge on any atom is 0.280 e. The Morgan fingerprint density at radius 2 is 1.88 bits per heavy atom. The zero-order valence-corrected chi connectivity index (χ0v) is 20.9. The zero-order valence-electron chi connectivity index (χ0n) is 18.5. The van der Waals surface area contributed by atoms with Crippen molar-refractivity contribution < 1.29 is 14.2 Å². The molecule has 3 rings (SSSR count). The van der Waals surface area contributed by atoms with Crippen LogP contribution >= 0.6 is 27.7 Å². The highest BCUT2D eigenvalue weighted by Gasteiger charge is 2.14. The molecule has 1 heterocycles. The van der Waals surface area contributed by atoms with Crippen molar-refractivity contribution in [2.24, 2.45) is 0 Å². The molecule has 3 aromatic rings. The zero-order chi connectivity index (χ0) is 23.1. The number of ether oxygens (including phenoxy) is 3. The summed E-state index contributed by atoms with van der Waals surface area (Å²) in [6, 6.07) is 12.0. The van der Waals surface area contributed by atoms with Crippen LogP contribution in [-0.4, -0.2) is 36.8 Å². The van der Waals surface area contributed by atoms with E-state index in [1.807, 2.05) is 18.2 Å². The minimum Gasteiger partial charge on any atom is -0.493 e. The number of rotatable bonds is 10. The van der Waals surface area contributed by atoms with Crippen molar-refractivity contribution >= 4 is 33.4 Å². The van der Waals surface area contributed by atoms with Gasteiger partial charge in [-0.3, -0.25) is 4.79 Å². The first-order valence-corrected chi connectivity index (χ1v) is 11.8. The second kappa shape index (κ2) is 11.3. The fraction of sp³-hybridized carbons (Fsp3) is 0.304. The summed E-state index contributed by atoms with van der Waals surface area (Å²) in [7, 11) is 3.19. The van der Waals surface area contributed by atoms with Crippen LogP contribution in [0.4, 0.5) is 5.69 Å². The van der Waals surface area contributed by atoms with E-state index in [0.29, 0.717) is 40.7 Å². The van der Waals surface area contributed by atoms with Crippen LogP contribution in [0.2, 0.25) is 0 Å². The molecule has 9 heteroatoms. The molecule has 32 heavy (non-hydrogen) atoms. The van der Waals surface area contributed by atoms with Gasteiger partial charge in [-0.1, -0.05) is 23.8 Å². The molecule has 0 fully saturated rings. The third kappa shape index (κ3) is 5.98. The van der Waals surface area contributed by atoms with E-state index in [9.17, 15) is 4.79 Å². The summed E-state index contributed by atoms with van der Waals surface area (Å²) in [5.74, 6) is 2.37. The second-order valence-corrected chi connectivity index (χ2v) is 8.99. The Labute approximate surface area is 200 Å². The SMILES string of the molecule is COc1ccc(CNc2c(OCCSc3ccc(C)cc3C)n[nH]c(=O)c2Br)cc1OC. The third-order valence-corrected chi connectivity index (χ3v) is 6.62. The highest BCUT2D eigenvalue weighted by atomic mass is 79.9. The topological polar surface area (TPSA) is 85.5 Å². The van der Waals surface area contributed by atoms with Gasteiger partial charge >= 0.3 is 0 Å². The molecular weight excluding hydrogens is 494 g/mol. The Morgan fingerprint density at radius 1 is 1.09 bits per heavy atom. The van der Waals surface area contributed by atoms with Gasteiger partial charge in [0.25, 0.3) is 11.4 Å². The smallest absolute Gasteiger partial charge is 0.280 e. The summed E-state index contributed by atoms with van der Waals surface area (Å²) >= 11 is 5.06. The molecule has 0 aliphatic heterocycles.